The Morgan fingerprint density at radius 3 is 2.54 bits per heavy atom. The molecule has 12 heteroatoms. The van der Waals surface area contributed by atoms with Crippen LogP contribution < -0.4 is 15.0 Å². The zero-order valence-electron chi connectivity index (χ0n) is 19.6. The van der Waals surface area contributed by atoms with Crippen molar-refractivity contribution >= 4 is 44.7 Å². The quantitative estimate of drug-likeness (QED) is 0.179. The van der Waals surface area contributed by atoms with Crippen LogP contribution in [-0.2, 0) is 9.53 Å². The zero-order chi connectivity index (χ0) is 25.9. The largest absolute Gasteiger partial charge is 0.493 e. The smallest absolute Gasteiger partial charge is 0.346 e. The number of methoxy groups -OCH3 is 2. The first kappa shape index (κ1) is 25.8. The third kappa shape index (κ3) is 5.48. The maximum Gasteiger partial charge on any atom is 0.346 e. The van der Waals surface area contributed by atoms with Gasteiger partial charge in [0.25, 0.3) is 5.56 Å². The first-order valence-electron chi connectivity index (χ1n) is 10.4. The molecule has 0 aliphatic carbocycles. The van der Waals surface area contributed by atoms with E-state index in [9.17, 15) is 19.7 Å². The molecule has 0 N–H and O–H groups in total. The van der Waals surface area contributed by atoms with E-state index in [4.69, 9.17) is 9.47 Å². The monoisotopic (exact) mass is 546 g/mol. The van der Waals surface area contributed by atoms with Gasteiger partial charge in [0.2, 0.25) is 5.75 Å². The summed E-state index contributed by atoms with van der Waals surface area (Å²) in [5, 5.41) is 16.4. The second-order valence-electron chi connectivity index (χ2n) is 7.76. The Kier molecular flexibility index (Phi) is 7.85. The van der Waals surface area contributed by atoms with Crippen molar-refractivity contribution in [2.24, 2.45) is 5.10 Å². The average Bonchev–Trinajstić information content (AvgIpc) is 2.83. The van der Waals surface area contributed by atoms with Gasteiger partial charge in [0.15, 0.2) is 11.9 Å². The molecule has 1 aromatic heterocycles. The summed E-state index contributed by atoms with van der Waals surface area (Å²) >= 11 is 3.36. The minimum absolute atomic E-state index is 0.00778. The summed E-state index contributed by atoms with van der Waals surface area (Å²) in [6.07, 6.45) is 0.184. The standard InChI is InChI=1S/C23H23BrN4O7/c1-12(2)21-26-17-7-6-15(24)10-16(17)22(29)27(21)25-11-14-8-18(28(31)32)20(19(9-14)33-4)35-13(3)23(30)34-5/h6-13H,1-5H3/t13-/m1/s1. The molecule has 0 bridgehead atoms. The van der Waals surface area contributed by atoms with E-state index in [0.717, 1.165) is 0 Å². The number of benzene rings is 2. The lowest BCUT2D eigenvalue weighted by atomic mass is 10.1. The molecule has 3 aromatic rings. The number of fused-ring (bicyclic) bond motifs is 1. The molecule has 0 saturated heterocycles. The lowest BCUT2D eigenvalue weighted by molar-refractivity contribution is -0.386. The average molecular weight is 547 g/mol. The molecule has 0 radical (unpaired) electrons. The number of nitro benzene ring substituents is 1. The Hall–Kier alpha value is -3.80. The van der Waals surface area contributed by atoms with Crippen LogP contribution in [0.4, 0.5) is 5.69 Å². The molecule has 0 unspecified atom stereocenters. The van der Waals surface area contributed by atoms with Crippen molar-refractivity contribution in [3.8, 4) is 11.5 Å². The Bertz CT molecular complexity index is 1380. The predicted octanol–water partition coefficient (Wildman–Crippen LogP) is 4.02. The highest BCUT2D eigenvalue weighted by Crippen LogP contribution is 2.38. The van der Waals surface area contributed by atoms with Gasteiger partial charge in [-0.05, 0) is 31.2 Å². The van der Waals surface area contributed by atoms with Crippen LogP contribution in [-0.4, -0.2) is 47.1 Å². The molecular formula is C23H23BrN4O7. The Labute approximate surface area is 208 Å². The SMILES string of the molecule is COC(=O)[C@@H](C)Oc1c(OC)cc(C=Nn2c(C(C)C)nc3ccc(Br)cc3c2=O)cc1[N+](=O)[O-]. The van der Waals surface area contributed by atoms with Crippen molar-refractivity contribution in [2.45, 2.75) is 32.8 Å². The number of aromatic nitrogens is 2. The van der Waals surface area contributed by atoms with E-state index in [1.807, 2.05) is 13.8 Å². The Morgan fingerprint density at radius 1 is 1.23 bits per heavy atom. The molecule has 35 heavy (non-hydrogen) atoms. The van der Waals surface area contributed by atoms with E-state index in [0.29, 0.717) is 21.2 Å². The van der Waals surface area contributed by atoms with E-state index < -0.39 is 22.7 Å². The fraction of sp³-hybridized carbons (Fsp3) is 0.304. The topological polar surface area (TPSA) is 135 Å². The lowest BCUT2D eigenvalue weighted by Gasteiger charge is -2.15. The molecule has 3 rings (SSSR count). The molecule has 1 heterocycles. The summed E-state index contributed by atoms with van der Waals surface area (Å²) in [6.45, 7) is 5.15. The number of hydrogen-bond donors (Lipinski definition) is 0. The fourth-order valence-electron chi connectivity index (χ4n) is 3.25. The molecule has 184 valence electrons. The Balaban J connectivity index is 2.13. The fourth-order valence-corrected chi connectivity index (χ4v) is 3.62. The first-order chi connectivity index (χ1) is 16.6. The highest BCUT2D eigenvalue weighted by atomic mass is 79.9. The summed E-state index contributed by atoms with van der Waals surface area (Å²) in [6, 6.07) is 7.84. The van der Waals surface area contributed by atoms with E-state index in [-0.39, 0.29) is 28.5 Å². The highest BCUT2D eigenvalue weighted by Gasteiger charge is 2.26. The number of halogens is 1. The molecule has 0 saturated carbocycles. The highest BCUT2D eigenvalue weighted by molar-refractivity contribution is 9.10. The summed E-state index contributed by atoms with van der Waals surface area (Å²) in [5.41, 5.74) is -0.0300. The van der Waals surface area contributed by atoms with Gasteiger partial charge < -0.3 is 14.2 Å². The van der Waals surface area contributed by atoms with Crippen LogP contribution in [0.1, 0.15) is 38.1 Å². The first-order valence-corrected chi connectivity index (χ1v) is 11.2. The van der Waals surface area contributed by atoms with Gasteiger partial charge in [-0.25, -0.2) is 9.78 Å². The number of carbonyl (C=O) groups excluding carboxylic acids is 1. The number of hydrogen-bond acceptors (Lipinski definition) is 9. The van der Waals surface area contributed by atoms with Gasteiger partial charge in [-0.1, -0.05) is 29.8 Å². The predicted molar refractivity (Wildman–Crippen MR) is 133 cm³/mol. The van der Waals surface area contributed by atoms with E-state index >= 15 is 0 Å². The molecule has 0 fully saturated rings. The molecule has 0 aliphatic rings. The van der Waals surface area contributed by atoms with E-state index in [1.165, 1.54) is 44.2 Å². The second kappa shape index (κ2) is 10.6. The van der Waals surface area contributed by atoms with Gasteiger partial charge in [-0.2, -0.15) is 9.78 Å². The minimum atomic E-state index is -1.11. The van der Waals surface area contributed by atoms with Crippen LogP contribution in [0.3, 0.4) is 0 Å². The van der Waals surface area contributed by atoms with Gasteiger partial charge in [-0.15, -0.1) is 0 Å². The molecular weight excluding hydrogens is 524 g/mol. The number of ether oxygens (including phenoxy) is 3. The molecule has 11 nitrogen and oxygen atoms in total. The number of nitro groups is 1. The van der Waals surface area contributed by atoms with E-state index in [2.05, 4.69) is 30.8 Å². The van der Waals surface area contributed by atoms with Gasteiger partial charge in [0.1, 0.15) is 5.82 Å². The van der Waals surface area contributed by atoms with Crippen LogP contribution in [0.2, 0.25) is 0 Å². The van der Waals surface area contributed by atoms with E-state index in [1.54, 1.807) is 18.2 Å². The third-order valence-corrected chi connectivity index (χ3v) is 5.47. The summed E-state index contributed by atoms with van der Waals surface area (Å²) in [7, 11) is 2.49. The van der Waals surface area contributed by atoms with Crippen molar-refractivity contribution < 1.29 is 23.9 Å². The van der Waals surface area contributed by atoms with Gasteiger partial charge in [0, 0.05) is 22.0 Å². The summed E-state index contributed by atoms with van der Waals surface area (Å²) in [5.74, 6) is -0.636. The lowest BCUT2D eigenvalue weighted by Crippen LogP contribution is -2.25. The number of carbonyl (C=O) groups is 1. The second-order valence-corrected chi connectivity index (χ2v) is 8.68. The van der Waals surface area contributed by atoms with Crippen molar-refractivity contribution in [3.05, 3.63) is 66.7 Å². The molecule has 2 aromatic carbocycles. The van der Waals surface area contributed by atoms with Crippen LogP contribution in [0.25, 0.3) is 10.9 Å². The van der Waals surface area contributed by atoms with Crippen LogP contribution in [0.5, 0.6) is 11.5 Å². The Morgan fingerprint density at radius 2 is 1.94 bits per heavy atom. The van der Waals surface area contributed by atoms with Crippen molar-refractivity contribution in [2.75, 3.05) is 14.2 Å². The maximum absolute atomic E-state index is 13.2. The molecule has 1 atom stereocenters. The van der Waals surface area contributed by atoms with Gasteiger partial charge in [0.05, 0.1) is 36.3 Å². The van der Waals surface area contributed by atoms with Crippen LogP contribution in [0, 0.1) is 10.1 Å². The summed E-state index contributed by atoms with van der Waals surface area (Å²) in [4.78, 5) is 40.6. The number of nitrogens with zero attached hydrogens (tertiary/aromatic N) is 4. The molecule has 0 amide bonds. The molecule has 0 aliphatic heterocycles. The van der Waals surface area contributed by atoms with Gasteiger partial charge in [-0.3, -0.25) is 14.9 Å². The van der Waals surface area contributed by atoms with Crippen molar-refractivity contribution in [3.63, 3.8) is 0 Å². The third-order valence-electron chi connectivity index (χ3n) is 4.97. The molecule has 0 spiro atoms. The van der Waals surface area contributed by atoms with Gasteiger partial charge >= 0.3 is 11.7 Å². The van der Waals surface area contributed by atoms with Crippen LogP contribution in [0.15, 0.2) is 44.7 Å². The normalized spacial score (nSPS) is 12.2. The maximum atomic E-state index is 13.2. The summed E-state index contributed by atoms with van der Waals surface area (Å²) < 4.78 is 17.2. The minimum Gasteiger partial charge on any atom is -0.493 e. The van der Waals surface area contributed by atoms with Crippen molar-refractivity contribution in [1.82, 2.24) is 9.66 Å². The zero-order valence-corrected chi connectivity index (χ0v) is 21.2. The number of rotatable bonds is 8. The van der Waals surface area contributed by atoms with Crippen LogP contribution >= 0.6 is 15.9 Å². The van der Waals surface area contributed by atoms with Crippen molar-refractivity contribution in [1.29, 1.82) is 0 Å². The number of esters is 1.